The minimum Gasteiger partial charge on any atom is -0.395 e. The van der Waals surface area contributed by atoms with E-state index in [2.05, 4.69) is 56.7 Å². The van der Waals surface area contributed by atoms with Crippen LogP contribution in [0.15, 0.2) is 24.4 Å². The van der Waals surface area contributed by atoms with Gasteiger partial charge in [0.1, 0.15) is 0 Å². The maximum absolute atomic E-state index is 9.12. The number of aliphatic hydroxyl groups is 1. The molecule has 2 nitrogen and oxygen atoms in total. The van der Waals surface area contributed by atoms with Crippen molar-refractivity contribution in [3.05, 3.63) is 35.5 Å². The summed E-state index contributed by atoms with van der Waals surface area (Å²) < 4.78 is 2.15. The predicted molar refractivity (Wildman–Crippen MR) is 77.1 cm³/mol. The second kappa shape index (κ2) is 4.77. The second-order valence-corrected chi connectivity index (χ2v) is 5.91. The fraction of sp³-hybridized carbons (Fsp3) is 0.500. The van der Waals surface area contributed by atoms with Gasteiger partial charge in [0, 0.05) is 23.6 Å². The molecule has 0 amide bonds. The lowest BCUT2D eigenvalue weighted by Gasteiger charge is -2.19. The minimum atomic E-state index is 0.179. The summed E-state index contributed by atoms with van der Waals surface area (Å²) in [5.41, 5.74) is 4.14. The van der Waals surface area contributed by atoms with Gasteiger partial charge in [0.25, 0.3) is 0 Å². The number of aromatic nitrogens is 1. The fourth-order valence-electron chi connectivity index (χ4n) is 2.41. The molecule has 0 saturated carbocycles. The largest absolute Gasteiger partial charge is 0.395 e. The molecule has 1 aromatic heterocycles. The van der Waals surface area contributed by atoms with E-state index in [0.717, 1.165) is 6.42 Å². The zero-order valence-electron chi connectivity index (χ0n) is 11.8. The molecule has 1 heterocycles. The Labute approximate surface area is 109 Å². The summed E-state index contributed by atoms with van der Waals surface area (Å²) in [6.07, 6.45) is 3.20. The van der Waals surface area contributed by atoms with Gasteiger partial charge in [-0.1, -0.05) is 33.8 Å². The number of rotatable bonds is 3. The number of hydrogen-bond acceptors (Lipinski definition) is 1. The van der Waals surface area contributed by atoms with Crippen molar-refractivity contribution < 1.29 is 5.11 Å². The highest BCUT2D eigenvalue weighted by molar-refractivity contribution is 5.85. The van der Waals surface area contributed by atoms with Crippen molar-refractivity contribution in [2.75, 3.05) is 6.61 Å². The molecule has 2 heteroatoms. The highest BCUT2D eigenvalue weighted by Gasteiger charge is 2.16. The van der Waals surface area contributed by atoms with Crippen LogP contribution in [-0.4, -0.2) is 16.3 Å². The van der Waals surface area contributed by atoms with Crippen LogP contribution in [0.1, 0.15) is 38.8 Å². The van der Waals surface area contributed by atoms with Gasteiger partial charge in [0.15, 0.2) is 0 Å². The lowest BCUT2D eigenvalue weighted by atomic mass is 9.86. The Bertz CT molecular complexity index is 546. The summed E-state index contributed by atoms with van der Waals surface area (Å²) in [6, 6.07) is 6.70. The van der Waals surface area contributed by atoms with E-state index in [4.69, 9.17) is 5.11 Å². The first-order chi connectivity index (χ1) is 8.47. The molecule has 0 atom stereocenters. The fourth-order valence-corrected chi connectivity index (χ4v) is 2.41. The molecule has 0 unspecified atom stereocenters. The van der Waals surface area contributed by atoms with Gasteiger partial charge < -0.3 is 9.67 Å². The summed E-state index contributed by atoms with van der Waals surface area (Å²) in [6.45, 7) is 9.76. The molecule has 0 aliphatic carbocycles. The first-order valence-electron chi connectivity index (χ1n) is 6.70. The minimum absolute atomic E-state index is 0.179. The van der Waals surface area contributed by atoms with Gasteiger partial charge >= 0.3 is 0 Å². The zero-order chi connectivity index (χ0) is 13.3. The van der Waals surface area contributed by atoms with Crippen molar-refractivity contribution in [1.82, 2.24) is 4.57 Å². The number of nitrogens with zero attached hydrogens (tertiary/aromatic N) is 1. The van der Waals surface area contributed by atoms with E-state index in [-0.39, 0.29) is 12.0 Å². The smallest absolute Gasteiger partial charge is 0.0610 e. The SMILES string of the molecule is CCc1cn(CCO)c2ccc(C(C)(C)C)cc12. The first kappa shape index (κ1) is 13.2. The molecule has 0 bridgehead atoms. The Morgan fingerprint density at radius 1 is 1.22 bits per heavy atom. The third-order valence-corrected chi connectivity index (χ3v) is 3.55. The van der Waals surface area contributed by atoms with Gasteiger partial charge in [0.05, 0.1) is 6.61 Å². The van der Waals surface area contributed by atoms with Crippen LogP contribution in [0.5, 0.6) is 0 Å². The van der Waals surface area contributed by atoms with E-state index in [1.807, 2.05) is 0 Å². The maximum atomic E-state index is 9.12. The molecule has 0 fully saturated rings. The highest BCUT2D eigenvalue weighted by Crippen LogP contribution is 2.29. The molecule has 0 saturated heterocycles. The highest BCUT2D eigenvalue weighted by atomic mass is 16.3. The van der Waals surface area contributed by atoms with Crippen molar-refractivity contribution in [2.45, 2.75) is 46.1 Å². The van der Waals surface area contributed by atoms with Crippen LogP contribution < -0.4 is 0 Å². The molecule has 2 rings (SSSR count). The number of benzene rings is 1. The van der Waals surface area contributed by atoms with Gasteiger partial charge in [-0.15, -0.1) is 0 Å². The van der Waals surface area contributed by atoms with Crippen LogP contribution in [0.4, 0.5) is 0 Å². The van der Waals surface area contributed by atoms with Crippen molar-refractivity contribution in [2.24, 2.45) is 0 Å². The monoisotopic (exact) mass is 245 g/mol. The number of hydrogen-bond donors (Lipinski definition) is 1. The zero-order valence-corrected chi connectivity index (χ0v) is 11.8. The maximum Gasteiger partial charge on any atom is 0.0610 e. The van der Waals surface area contributed by atoms with Gasteiger partial charge in [-0.3, -0.25) is 0 Å². The first-order valence-corrected chi connectivity index (χ1v) is 6.70. The Balaban J connectivity index is 2.61. The van der Waals surface area contributed by atoms with Crippen LogP contribution in [-0.2, 0) is 18.4 Å². The van der Waals surface area contributed by atoms with E-state index in [1.165, 1.54) is 22.0 Å². The average Bonchev–Trinajstić information content (AvgIpc) is 2.66. The summed E-state index contributed by atoms with van der Waals surface area (Å²) >= 11 is 0. The van der Waals surface area contributed by atoms with E-state index < -0.39 is 0 Å². The van der Waals surface area contributed by atoms with Crippen molar-refractivity contribution in [1.29, 1.82) is 0 Å². The predicted octanol–water partition coefficient (Wildman–Crippen LogP) is 3.49. The van der Waals surface area contributed by atoms with E-state index in [1.54, 1.807) is 0 Å². The average molecular weight is 245 g/mol. The molecular formula is C16H23NO. The molecule has 18 heavy (non-hydrogen) atoms. The Kier molecular flexibility index (Phi) is 3.49. The van der Waals surface area contributed by atoms with Crippen molar-refractivity contribution in [3.8, 4) is 0 Å². The van der Waals surface area contributed by atoms with Crippen LogP contribution in [0.2, 0.25) is 0 Å². The molecule has 98 valence electrons. The topological polar surface area (TPSA) is 25.2 Å². The normalized spacial score (nSPS) is 12.3. The Hall–Kier alpha value is -1.28. The third-order valence-electron chi connectivity index (χ3n) is 3.55. The van der Waals surface area contributed by atoms with Gasteiger partial charge in [-0.2, -0.15) is 0 Å². The van der Waals surface area contributed by atoms with Gasteiger partial charge in [-0.05, 0) is 35.1 Å². The van der Waals surface area contributed by atoms with Gasteiger partial charge in [0.2, 0.25) is 0 Å². The van der Waals surface area contributed by atoms with Crippen LogP contribution >= 0.6 is 0 Å². The Morgan fingerprint density at radius 3 is 2.50 bits per heavy atom. The molecule has 0 radical (unpaired) electrons. The quantitative estimate of drug-likeness (QED) is 0.879. The summed E-state index contributed by atoms with van der Waals surface area (Å²) in [7, 11) is 0. The molecule has 1 aromatic carbocycles. The van der Waals surface area contributed by atoms with Crippen molar-refractivity contribution in [3.63, 3.8) is 0 Å². The van der Waals surface area contributed by atoms with Crippen molar-refractivity contribution >= 4 is 10.9 Å². The standard InChI is InChI=1S/C16H23NO/c1-5-12-11-17(8-9-18)15-7-6-13(10-14(12)15)16(2,3)4/h6-7,10-11,18H,5,8-9H2,1-4H3. The molecule has 0 aliphatic rings. The molecule has 1 N–H and O–H groups in total. The van der Waals surface area contributed by atoms with E-state index in [0.29, 0.717) is 6.54 Å². The van der Waals surface area contributed by atoms with Crippen LogP contribution in [0.25, 0.3) is 10.9 Å². The lowest BCUT2D eigenvalue weighted by Crippen LogP contribution is -2.10. The van der Waals surface area contributed by atoms with E-state index in [9.17, 15) is 0 Å². The number of aliphatic hydroxyl groups excluding tert-OH is 1. The summed E-state index contributed by atoms with van der Waals surface area (Å²) in [4.78, 5) is 0. The second-order valence-electron chi connectivity index (χ2n) is 5.91. The lowest BCUT2D eigenvalue weighted by molar-refractivity contribution is 0.278. The molecule has 0 aliphatic heterocycles. The molecule has 0 spiro atoms. The number of fused-ring (bicyclic) bond motifs is 1. The van der Waals surface area contributed by atoms with Crippen LogP contribution in [0, 0.1) is 0 Å². The summed E-state index contributed by atoms with van der Waals surface area (Å²) in [5.74, 6) is 0. The molecule has 2 aromatic rings. The number of aryl methyl sites for hydroxylation is 1. The Morgan fingerprint density at radius 2 is 1.94 bits per heavy atom. The van der Waals surface area contributed by atoms with E-state index >= 15 is 0 Å². The molecular weight excluding hydrogens is 222 g/mol. The van der Waals surface area contributed by atoms with Crippen LogP contribution in [0.3, 0.4) is 0 Å². The third kappa shape index (κ3) is 2.30. The summed E-state index contributed by atoms with van der Waals surface area (Å²) in [5, 5.41) is 10.5. The van der Waals surface area contributed by atoms with Gasteiger partial charge in [-0.25, -0.2) is 0 Å².